The van der Waals surface area contributed by atoms with E-state index in [9.17, 15) is 0 Å². The Morgan fingerprint density at radius 1 is 1.47 bits per heavy atom. The molecule has 4 heteroatoms. The van der Waals surface area contributed by atoms with Crippen LogP contribution < -0.4 is 10.5 Å². The van der Waals surface area contributed by atoms with Gasteiger partial charge in [0.25, 0.3) is 0 Å². The first-order chi connectivity index (χ1) is 7.15. The molecule has 0 aliphatic rings. The molecule has 0 aliphatic heterocycles. The van der Waals surface area contributed by atoms with Gasteiger partial charge in [-0.15, -0.1) is 0 Å². The second-order valence-corrected chi connectivity index (χ2v) is 3.81. The quantitative estimate of drug-likeness (QED) is 0.816. The molecule has 2 aromatic rings. The first kappa shape index (κ1) is 9.83. The fourth-order valence-electron chi connectivity index (χ4n) is 1.66. The van der Waals surface area contributed by atoms with Crippen LogP contribution in [0.1, 0.15) is 25.5 Å². The Morgan fingerprint density at radius 2 is 2.20 bits per heavy atom. The van der Waals surface area contributed by atoms with E-state index in [0.717, 1.165) is 17.1 Å². The summed E-state index contributed by atoms with van der Waals surface area (Å²) in [6.07, 6.45) is 1.89. The molecule has 2 rings (SSSR count). The van der Waals surface area contributed by atoms with E-state index in [1.54, 1.807) is 7.11 Å². The Hall–Kier alpha value is -1.71. The zero-order valence-electron chi connectivity index (χ0n) is 9.19. The smallest absolute Gasteiger partial charge is 0.181 e. The standard InChI is InChI=1S/C11H15N3O/c1-7(2)9-10(12)14-6-4-5-8(15-3)11(14)13-9/h4-7H,12H2,1-3H3. The van der Waals surface area contributed by atoms with Crippen LogP contribution in [0.25, 0.3) is 5.65 Å². The molecule has 0 unspecified atom stereocenters. The van der Waals surface area contributed by atoms with E-state index < -0.39 is 0 Å². The third kappa shape index (κ3) is 1.42. The largest absolute Gasteiger partial charge is 0.493 e. The van der Waals surface area contributed by atoms with Crippen LogP contribution in [0.3, 0.4) is 0 Å². The molecule has 4 nitrogen and oxygen atoms in total. The Kier molecular flexibility index (Phi) is 2.26. The molecule has 0 saturated carbocycles. The molecule has 0 spiro atoms. The normalized spacial score (nSPS) is 11.2. The Balaban J connectivity index is 2.75. The molecule has 0 saturated heterocycles. The molecule has 80 valence electrons. The van der Waals surface area contributed by atoms with Gasteiger partial charge in [-0.05, 0) is 18.1 Å². The zero-order valence-corrected chi connectivity index (χ0v) is 9.19. The third-order valence-electron chi connectivity index (χ3n) is 2.45. The van der Waals surface area contributed by atoms with Gasteiger partial charge in [0.05, 0.1) is 12.8 Å². The number of nitrogens with two attached hydrogens (primary N) is 1. The fraction of sp³-hybridized carbons (Fsp3) is 0.364. The van der Waals surface area contributed by atoms with E-state index in [4.69, 9.17) is 10.5 Å². The van der Waals surface area contributed by atoms with Crippen LogP contribution in [-0.2, 0) is 0 Å². The van der Waals surface area contributed by atoms with Gasteiger partial charge in [-0.1, -0.05) is 13.8 Å². The highest BCUT2D eigenvalue weighted by Crippen LogP contribution is 2.27. The molecule has 2 heterocycles. The fourth-order valence-corrected chi connectivity index (χ4v) is 1.66. The maximum atomic E-state index is 6.01. The van der Waals surface area contributed by atoms with Crippen LogP contribution in [0, 0.1) is 0 Å². The predicted molar refractivity (Wildman–Crippen MR) is 60.2 cm³/mol. The molecule has 0 aromatic carbocycles. The molecule has 15 heavy (non-hydrogen) atoms. The van der Waals surface area contributed by atoms with Crippen molar-refractivity contribution in [3.63, 3.8) is 0 Å². The minimum absolute atomic E-state index is 0.314. The highest BCUT2D eigenvalue weighted by molar-refractivity contribution is 5.61. The van der Waals surface area contributed by atoms with Gasteiger partial charge >= 0.3 is 0 Å². The van der Waals surface area contributed by atoms with Crippen molar-refractivity contribution >= 4 is 11.5 Å². The van der Waals surface area contributed by atoms with Crippen molar-refractivity contribution in [1.82, 2.24) is 9.38 Å². The van der Waals surface area contributed by atoms with Crippen LogP contribution in [0.15, 0.2) is 18.3 Å². The first-order valence-electron chi connectivity index (χ1n) is 4.95. The van der Waals surface area contributed by atoms with Crippen LogP contribution in [0.4, 0.5) is 5.82 Å². The molecule has 0 bridgehead atoms. The van der Waals surface area contributed by atoms with E-state index in [1.165, 1.54) is 0 Å². The van der Waals surface area contributed by atoms with Gasteiger partial charge in [0.1, 0.15) is 5.82 Å². The second-order valence-electron chi connectivity index (χ2n) is 3.81. The van der Waals surface area contributed by atoms with Crippen molar-refractivity contribution in [2.75, 3.05) is 12.8 Å². The summed E-state index contributed by atoms with van der Waals surface area (Å²) >= 11 is 0. The minimum Gasteiger partial charge on any atom is -0.493 e. The van der Waals surface area contributed by atoms with Crippen molar-refractivity contribution in [2.45, 2.75) is 19.8 Å². The highest BCUT2D eigenvalue weighted by Gasteiger charge is 2.14. The van der Waals surface area contributed by atoms with E-state index in [1.807, 2.05) is 22.7 Å². The number of ether oxygens (including phenoxy) is 1. The van der Waals surface area contributed by atoms with Gasteiger partial charge in [0, 0.05) is 6.20 Å². The number of hydrogen-bond acceptors (Lipinski definition) is 3. The maximum Gasteiger partial charge on any atom is 0.181 e. The van der Waals surface area contributed by atoms with Gasteiger partial charge in [0.15, 0.2) is 11.4 Å². The summed E-state index contributed by atoms with van der Waals surface area (Å²) in [5, 5.41) is 0. The molecule has 0 fully saturated rings. The number of imidazole rings is 1. The molecule has 0 atom stereocenters. The summed E-state index contributed by atoms with van der Waals surface area (Å²) < 4.78 is 7.09. The van der Waals surface area contributed by atoms with Gasteiger partial charge in [-0.3, -0.25) is 4.40 Å². The monoisotopic (exact) mass is 205 g/mol. The summed E-state index contributed by atoms with van der Waals surface area (Å²) in [6, 6.07) is 3.78. The number of pyridine rings is 1. The van der Waals surface area contributed by atoms with Gasteiger partial charge in [0.2, 0.25) is 0 Å². The molecule has 0 radical (unpaired) electrons. The molecule has 0 aliphatic carbocycles. The minimum atomic E-state index is 0.314. The number of methoxy groups -OCH3 is 1. The second kappa shape index (κ2) is 3.46. The van der Waals surface area contributed by atoms with E-state index in [0.29, 0.717) is 11.7 Å². The number of aromatic nitrogens is 2. The Morgan fingerprint density at radius 3 is 2.80 bits per heavy atom. The van der Waals surface area contributed by atoms with Crippen LogP contribution in [0.5, 0.6) is 5.75 Å². The maximum absolute atomic E-state index is 6.01. The van der Waals surface area contributed by atoms with Crippen LogP contribution >= 0.6 is 0 Å². The topological polar surface area (TPSA) is 52.5 Å². The number of anilines is 1. The summed E-state index contributed by atoms with van der Waals surface area (Å²) in [6.45, 7) is 4.15. The van der Waals surface area contributed by atoms with Crippen LogP contribution in [-0.4, -0.2) is 16.5 Å². The summed E-state index contributed by atoms with van der Waals surface area (Å²) in [5.41, 5.74) is 7.70. The third-order valence-corrected chi connectivity index (χ3v) is 2.45. The first-order valence-corrected chi connectivity index (χ1v) is 4.95. The number of fused-ring (bicyclic) bond motifs is 1. The number of hydrogen-bond donors (Lipinski definition) is 1. The molecular weight excluding hydrogens is 190 g/mol. The summed E-state index contributed by atoms with van der Waals surface area (Å²) in [4.78, 5) is 4.50. The molecule has 2 N–H and O–H groups in total. The van der Waals surface area contributed by atoms with E-state index in [2.05, 4.69) is 18.8 Å². The Labute approximate surface area is 88.7 Å². The predicted octanol–water partition coefficient (Wildman–Crippen LogP) is 2.05. The van der Waals surface area contributed by atoms with Gasteiger partial charge < -0.3 is 10.5 Å². The lowest BCUT2D eigenvalue weighted by molar-refractivity contribution is 0.417. The van der Waals surface area contributed by atoms with Gasteiger partial charge in [-0.2, -0.15) is 0 Å². The SMILES string of the molecule is COc1cccn2c(N)c(C(C)C)nc12. The van der Waals surface area contributed by atoms with E-state index in [-0.39, 0.29) is 0 Å². The molecule has 2 aromatic heterocycles. The van der Waals surface area contributed by atoms with Crippen molar-refractivity contribution in [3.05, 3.63) is 24.0 Å². The number of nitrogen functional groups attached to an aromatic ring is 1. The van der Waals surface area contributed by atoms with Crippen molar-refractivity contribution < 1.29 is 4.74 Å². The molecular formula is C11H15N3O. The average molecular weight is 205 g/mol. The lowest BCUT2D eigenvalue weighted by Gasteiger charge is -2.01. The van der Waals surface area contributed by atoms with Crippen molar-refractivity contribution in [2.24, 2.45) is 0 Å². The molecule has 0 amide bonds. The van der Waals surface area contributed by atoms with Crippen molar-refractivity contribution in [3.8, 4) is 5.75 Å². The number of rotatable bonds is 2. The summed E-state index contributed by atoms with van der Waals surface area (Å²) in [5.74, 6) is 1.75. The highest BCUT2D eigenvalue weighted by atomic mass is 16.5. The van der Waals surface area contributed by atoms with Crippen LogP contribution in [0.2, 0.25) is 0 Å². The van der Waals surface area contributed by atoms with Crippen molar-refractivity contribution in [1.29, 1.82) is 0 Å². The van der Waals surface area contributed by atoms with E-state index >= 15 is 0 Å². The number of nitrogens with zero attached hydrogens (tertiary/aromatic N) is 2. The lowest BCUT2D eigenvalue weighted by Crippen LogP contribution is -1.97. The Bertz CT molecular complexity index is 488. The average Bonchev–Trinajstić information content (AvgIpc) is 2.56. The zero-order chi connectivity index (χ0) is 11.0. The lowest BCUT2D eigenvalue weighted by atomic mass is 10.1. The summed E-state index contributed by atoms with van der Waals surface area (Å²) in [7, 11) is 1.63. The van der Waals surface area contributed by atoms with Gasteiger partial charge in [-0.25, -0.2) is 4.98 Å².